The zero-order valence-corrected chi connectivity index (χ0v) is 12.4. The molecule has 1 atom stereocenters. The van der Waals surface area contributed by atoms with Gasteiger partial charge in [-0.3, -0.25) is 0 Å². The highest BCUT2D eigenvalue weighted by Gasteiger charge is 2.21. The third-order valence-electron chi connectivity index (χ3n) is 3.23. The first-order valence-electron chi connectivity index (χ1n) is 6.87. The van der Waals surface area contributed by atoms with Crippen LogP contribution in [-0.2, 0) is 0 Å². The molecule has 0 saturated carbocycles. The van der Waals surface area contributed by atoms with E-state index in [1.54, 1.807) is 13.8 Å². The maximum Gasteiger partial charge on any atom is 0.0620 e. The summed E-state index contributed by atoms with van der Waals surface area (Å²) in [6.07, 6.45) is 6.69. The van der Waals surface area contributed by atoms with Gasteiger partial charge in [0.05, 0.1) is 17.8 Å². The van der Waals surface area contributed by atoms with Crippen molar-refractivity contribution in [1.82, 2.24) is 0 Å². The highest BCUT2D eigenvalue weighted by atomic mass is 16.3. The molecule has 0 aromatic rings. The van der Waals surface area contributed by atoms with E-state index < -0.39 is 11.2 Å². The highest BCUT2D eigenvalue weighted by molar-refractivity contribution is 4.97. The number of rotatable bonds is 9. The van der Waals surface area contributed by atoms with Crippen molar-refractivity contribution in [3.63, 3.8) is 0 Å². The lowest BCUT2D eigenvalue weighted by molar-refractivity contribution is 0.0226. The second-order valence-electron chi connectivity index (χ2n) is 6.25. The molecular formula is C15H30O3. The molecule has 0 saturated heterocycles. The van der Waals surface area contributed by atoms with E-state index in [1.807, 2.05) is 19.9 Å². The zero-order valence-electron chi connectivity index (χ0n) is 12.4. The van der Waals surface area contributed by atoms with Gasteiger partial charge in [-0.2, -0.15) is 0 Å². The maximum atomic E-state index is 10.2. The molecule has 0 aliphatic carbocycles. The van der Waals surface area contributed by atoms with Gasteiger partial charge in [0, 0.05) is 0 Å². The molecule has 0 amide bonds. The third-order valence-corrected chi connectivity index (χ3v) is 3.23. The first-order chi connectivity index (χ1) is 8.16. The summed E-state index contributed by atoms with van der Waals surface area (Å²) in [4.78, 5) is 0. The van der Waals surface area contributed by atoms with Crippen molar-refractivity contribution in [3.05, 3.63) is 11.6 Å². The normalized spacial score (nSPS) is 16.7. The van der Waals surface area contributed by atoms with Crippen LogP contribution in [0.1, 0.15) is 66.2 Å². The van der Waals surface area contributed by atoms with Crippen LogP contribution in [0.3, 0.4) is 0 Å². The van der Waals surface area contributed by atoms with Crippen molar-refractivity contribution in [3.8, 4) is 0 Å². The first kappa shape index (κ1) is 17.6. The van der Waals surface area contributed by atoms with Crippen molar-refractivity contribution in [2.24, 2.45) is 0 Å². The standard InChI is InChI=1S/C15H30O3/c1-13(8-12-16)7-5-10-15(4,18)11-6-9-14(2,3)17/h8,16-18H,5-7,9-12H2,1-4H3/b13-8+/t15-/m1/s1. The van der Waals surface area contributed by atoms with E-state index in [2.05, 4.69) is 0 Å². The number of allylic oxidation sites excluding steroid dienone is 1. The molecule has 18 heavy (non-hydrogen) atoms. The van der Waals surface area contributed by atoms with Gasteiger partial charge in [-0.15, -0.1) is 0 Å². The van der Waals surface area contributed by atoms with Crippen molar-refractivity contribution in [1.29, 1.82) is 0 Å². The third kappa shape index (κ3) is 10.8. The van der Waals surface area contributed by atoms with Crippen molar-refractivity contribution < 1.29 is 15.3 Å². The monoisotopic (exact) mass is 258 g/mol. The molecule has 0 heterocycles. The predicted octanol–water partition coefficient (Wildman–Crippen LogP) is 2.79. The van der Waals surface area contributed by atoms with Crippen LogP contribution in [0.25, 0.3) is 0 Å². The van der Waals surface area contributed by atoms with Crippen molar-refractivity contribution in [2.75, 3.05) is 6.61 Å². The smallest absolute Gasteiger partial charge is 0.0620 e. The maximum absolute atomic E-state index is 10.2. The van der Waals surface area contributed by atoms with Gasteiger partial charge in [-0.1, -0.05) is 11.6 Å². The summed E-state index contributed by atoms with van der Waals surface area (Å²) in [5.74, 6) is 0. The van der Waals surface area contributed by atoms with Crippen LogP contribution in [0.5, 0.6) is 0 Å². The van der Waals surface area contributed by atoms with Crippen LogP contribution in [0.4, 0.5) is 0 Å². The average Bonchev–Trinajstić information content (AvgIpc) is 2.14. The number of aliphatic hydroxyl groups is 3. The van der Waals surface area contributed by atoms with Gasteiger partial charge in [-0.05, 0) is 66.2 Å². The molecule has 0 spiro atoms. The SMILES string of the molecule is C/C(=C\CO)CCC[C@@](C)(O)CCCC(C)(C)O. The quantitative estimate of drug-likeness (QED) is 0.557. The van der Waals surface area contributed by atoms with E-state index in [1.165, 1.54) is 5.57 Å². The van der Waals surface area contributed by atoms with Crippen molar-refractivity contribution >= 4 is 0 Å². The summed E-state index contributed by atoms with van der Waals surface area (Å²) in [6.45, 7) is 7.55. The Hall–Kier alpha value is -0.380. The minimum Gasteiger partial charge on any atom is -0.392 e. The van der Waals surface area contributed by atoms with Crippen LogP contribution < -0.4 is 0 Å². The van der Waals surface area contributed by atoms with Gasteiger partial charge >= 0.3 is 0 Å². The summed E-state index contributed by atoms with van der Waals surface area (Å²) >= 11 is 0. The number of aliphatic hydroxyl groups excluding tert-OH is 1. The average molecular weight is 258 g/mol. The minimum atomic E-state index is -0.648. The Bertz CT molecular complexity index is 249. The lowest BCUT2D eigenvalue weighted by Crippen LogP contribution is -2.26. The molecule has 0 aromatic carbocycles. The summed E-state index contributed by atoms with van der Waals surface area (Å²) in [5.41, 5.74) is -0.119. The molecule has 0 aliphatic heterocycles. The Kier molecular flexibility index (Phi) is 7.76. The molecule has 0 aromatic heterocycles. The molecule has 0 fully saturated rings. The van der Waals surface area contributed by atoms with Crippen LogP contribution in [-0.4, -0.2) is 33.1 Å². The van der Waals surface area contributed by atoms with Gasteiger partial charge in [0.2, 0.25) is 0 Å². The molecule has 0 unspecified atom stereocenters. The summed E-state index contributed by atoms with van der Waals surface area (Å²) < 4.78 is 0. The van der Waals surface area contributed by atoms with E-state index in [4.69, 9.17) is 5.11 Å². The Morgan fingerprint density at radius 1 is 1.00 bits per heavy atom. The van der Waals surface area contributed by atoms with E-state index >= 15 is 0 Å². The lowest BCUT2D eigenvalue weighted by Gasteiger charge is -2.25. The van der Waals surface area contributed by atoms with E-state index in [-0.39, 0.29) is 6.61 Å². The molecule has 3 N–H and O–H groups in total. The number of hydrogen-bond donors (Lipinski definition) is 3. The Labute approximate surface area is 112 Å². The van der Waals surface area contributed by atoms with Crippen LogP contribution >= 0.6 is 0 Å². The molecule has 0 radical (unpaired) electrons. The fraction of sp³-hybridized carbons (Fsp3) is 0.867. The molecule has 0 aliphatic rings. The summed E-state index contributed by atoms with van der Waals surface area (Å²) in [5, 5.41) is 28.6. The van der Waals surface area contributed by atoms with Gasteiger partial charge in [-0.25, -0.2) is 0 Å². The lowest BCUT2D eigenvalue weighted by atomic mass is 9.89. The van der Waals surface area contributed by atoms with Gasteiger partial charge in [0.1, 0.15) is 0 Å². The summed E-state index contributed by atoms with van der Waals surface area (Å²) in [6, 6.07) is 0. The molecule has 3 nitrogen and oxygen atoms in total. The van der Waals surface area contributed by atoms with E-state index in [0.717, 1.165) is 32.1 Å². The molecular weight excluding hydrogens is 228 g/mol. The van der Waals surface area contributed by atoms with Crippen molar-refractivity contribution in [2.45, 2.75) is 77.4 Å². The Morgan fingerprint density at radius 2 is 1.56 bits per heavy atom. The predicted molar refractivity (Wildman–Crippen MR) is 75.5 cm³/mol. The minimum absolute atomic E-state index is 0.0911. The second-order valence-corrected chi connectivity index (χ2v) is 6.25. The van der Waals surface area contributed by atoms with Gasteiger partial charge < -0.3 is 15.3 Å². The molecule has 108 valence electrons. The molecule has 0 rings (SSSR count). The Balaban J connectivity index is 3.83. The first-order valence-corrected chi connectivity index (χ1v) is 6.87. The topological polar surface area (TPSA) is 60.7 Å². The summed E-state index contributed by atoms with van der Waals surface area (Å²) in [7, 11) is 0. The number of hydrogen-bond acceptors (Lipinski definition) is 3. The molecule has 0 bridgehead atoms. The van der Waals surface area contributed by atoms with Crippen LogP contribution in [0, 0.1) is 0 Å². The fourth-order valence-electron chi connectivity index (χ4n) is 2.03. The van der Waals surface area contributed by atoms with Crippen LogP contribution in [0.2, 0.25) is 0 Å². The van der Waals surface area contributed by atoms with E-state index in [9.17, 15) is 10.2 Å². The molecule has 3 heteroatoms. The van der Waals surface area contributed by atoms with Gasteiger partial charge in [0.25, 0.3) is 0 Å². The largest absolute Gasteiger partial charge is 0.392 e. The fourth-order valence-corrected chi connectivity index (χ4v) is 2.03. The van der Waals surface area contributed by atoms with Gasteiger partial charge in [0.15, 0.2) is 0 Å². The van der Waals surface area contributed by atoms with E-state index in [0.29, 0.717) is 6.42 Å². The highest BCUT2D eigenvalue weighted by Crippen LogP contribution is 2.24. The van der Waals surface area contributed by atoms with Crippen LogP contribution in [0.15, 0.2) is 11.6 Å². The Morgan fingerprint density at radius 3 is 2.06 bits per heavy atom. The zero-order chi connectivity index (χ0) is 14.2. The second kappa shape index (κ2) is 7.93.